The van der Waals surface area contributed by atoms with Crippen molar-refractivity contribution in [1.29, 1.82) is 0 Å². The predicted octanol–water partition coefficient (Wildman–Crippen LogP) is 2.71. The summed E-state index contributed by atoms with van der Waals surface area (Å²) in [7, 11) is 1.80. The predicted molar refractivity (Wildman–Crippen MR) is 103 cm³/mol. The van der Waals surface area contributed by atoms with Crippen LogP contribution in [0.5, 0.6) is 0 Å². The highest BCUT2D eigenvalue weighted by Gasteiger charge is 2.02. The number of halogens is 1. The number of nitrogens with one attached hydrogen (secondary N) is 2. The maximum Gasteiger partial charge on any atom is 0.190 e. The largest absolute Gasteiger partial charge is 0.356 e. The van der Waals surface area contributed by atoms with E-state index in [0.717, 1.165) is 43.2 Å². The Labute approximate surface area is 149 Å². The van der Waals surface area contributed by atoms with Gasteiger partial charge in [0.2, 0.25) is 0 Å². The Morgan fingerprint density at radius 3 is 2.73 bits per heavy atom. The number of pyridine rings is 1. The summed E-state index contributed by atoms with van der Waals surface area (Å²) in [6, 6.07) is 6.03. The van der Waals surface area contributed by atoms with E-state index in [1.807, 2.05) is 28.8 Å². The van der Waals surface area contributed by atoms with E-state index in [-0.39, 0.29) is 24.0 Å². The molecule has 0 aliphatic heterocycles. The Morgan fingerprint density at radius 1 is 1.27 bits per heavy atom. The van der Waals surface area contributed by atoms with Crippen LogP contribution in [-0.2, 0) is 6.42 Å². The minimum absolute atomic E-state index is 0. The number of fused-ring (bicyclic) bond motifs is 1. The standard InChI is InChI=1S/C16H25N5.HI/c1-13(2)7-9-18-16(17-3)19-10-8-14-12-21-11-5-4-6-15(21)20-14;/h4-6,11-13H,7-10H2,1-3H3,(H2,17,18,19);1H. The van der Waals surface area contributed by atoms with Gasteiger partial charge in [-0.1, -0.05) is 19.9 Å². The van der Waals surface area contributed by atoms with Crippen LogP contribution in [0.4, 0.5) is 0 Å². The fourth-order valence-electron chi connectivity index (χ4n) is 2.12. The molecule has 5 nitrogen and oxygen atoms in total. The number of aromatic nitrogens is 2. The van der Waals surface area contributed by atoms with Crippen LogP contribution in [-0.4, -0.2) is 35.5 Å². The minimum Gasteiger partial charge on any atom is -0.356 e. The number of hydrogen-bond donors (Lipinski definition) is 2. The molecule has 6 heteroatoms. The van der Waals surface area contributed by atoms with E-state index in [0.29, 0.717) is 5.92 Å². The van der Waals surface area contributed by atoms with Crippen LogP contribution < -0.4 is 10.6 Å². The molecule has 0 aliphatic rings. The molecule has 0 unspecified atom stereocenters. The van der Waals surface area contributed by atoms with Crippen molar-refractivity contribution in [1.82, 2.24) is 20.0 Å². The second-order valence-corrected chi connectivity index (χ2v) is 5.56. The second-order valence-electron chi connectivity index (χ2n) is 5.56. The van der Waals surface area contributed by atoms with Crippen LogP contribution >= 0.6 is 24.0 Å². The van der Waals surface area contributed by atoms with E-state index >= 15 is 0 Å². The molecule has 2 rings (SSSR count). The van der Waals surface area contributed by atoms with Gasteiger partial charge in [0.15, 0.2) is 5.96 Å². The Balaban J connectivity index is 0.00000242. The third-order valence-corrected chi connectivity index (χ3v) is 3.33. The number of nitrogens with zero attached hydrogens (tertiary/aromatic N) is 3. The van der Waals surface area contributed by atoms with Crippen molar-refractivity contribution < 1.29 is 0 Å². The summed E-state index contributed by atoms with van der Waals surface area (Å²) >= 11 is 0. The molecule has 0 radical (unpaired) electrons. The van der Waals surface area contributed by atoms with Crippen LogP contribution in [0, 0.1) is 5.92 Å². The van der Waals surface area contributed by atoms with E-state index in [9.17, 15) is 0 Å². The molecule has 122 valence electrons. The van der Waals surface area contributed by atoms with Gasteiger partial charge in [-0.2, -0.15) is 0 Å². The number of rotatable bonds is 6. The smallest absolute Gasteiger partial charge is 0.190 e. The third kappa shape index (κ3) is 5.82. The molecule has 0 atom stereocenters. The Hall–Kier alpha value is -1.31. The lowest BCUT2D eigenvalue weighted by Crippen LogP contribution is -2.39. The Kier molecular flexibility index (Phi) is 8.22. The number of aliphatic imine (C=N–C) groups is 1. The summed E-state index contributed by atoms with van der Waals surface area (Å²) in [6.07, 6.45) is 6.12. The minimum atomic E-state index is 0. The van der Waals surface area contributed by atoms with Gasteiger partial charge in [0.25, 0.3) is 0 Å². The lowest BCUT2D eigenvalue weighted by molar-refractivity contribution is 0.573. The van der Waals surface area contributed by atoms with E-state index in [2.05, 4.69) is 40.7 Å². The SMILES string of the molecule is CN=C(NCCc1cn2ccccc2n1)NCCC(C)C.I. The summed E-state index contributed by atoms with van der Waals surface area (Å²) in [6.45, 7) is 6.22. The van der Waals surface area contributed by atoms with Crippen molar-refractivity contribution in [2.75, 3.05) is 20.1 Å². The number of imidazole rings is 1. The van der Waals surface area contributed by atoms with E-state index < -0.39 is 0 Å². The normalized spacial score (nSPS) is 11.5. The van der Waals surface area contributed by atoms with Gasteiger partial charge < -0.3 is 15.0 Å². The van der Waals surface area contributed by atoms with Crippen molar-refractivity contribution in [2.45, 2.75) is 26.7 Å². The summed E-state index contributed by atoms with van der Waals surface area (Å²) in [5.74, 6) is 1.56. The highest BCUT2D eigenvalue weighted by atomic mass is 127. The van der Waals surface area contributed by atoms with Gasteiger partial charge in [0, 0.05) is 39.0 Å². The average molecular weight is 415 g/mol. The molecule has 0 bridgehead atoms. The number of hydrogen-bond acceptors (Lipinski definition) is 2. The van der Waals surface area contributed by atoms with Crippen molar-refractivity contribution in [2.24, 2.45) is 10.9 Å². The molecule has 0 saturated carbocycles. The molecule has 2 N–H and O–H groups in total. The van der Waals surface area contributed by atoms with Crippen molar-refractivity contribution in [3.63, 3.8) is 0 Å². The van der Waals surface area contributed by atoms with Crippen LogP contribution in [0.25, 0.3) is 5.65 Å². The van der Waals surface area contributed by atoms with Crippen molar-refractivity contribution in [3.8, 4) is 0 Å². The van der Waals surface area contributed by atoms with E-state index in [1.165, 1.54) is 0 Å². The lowest BCUT2D eigenvalue weighted by atomic mass is 10.1. The quantitative estimate of drug-likeness (QED) is 0.434. The highest BCUT2D eigenvalue weighted by molar-refractivity contribution is 14.0. The molecule has 0 amide bonds. The zero-order chi connectivity index (χ0) is 15.1. The fraction of sp³-hybridized carbons (Fsp3) is 0.500. The molecular formula is C16H26IN5. The zero-order valence-electron chi connectivity index (χ0n) is 13.5. The summed E-state index contributed by atoms with van der Waals surface area (Å²) in [4.78, 5) is 8.81. The van der Waals surface area contributed by atoms with Gasteiger partial charge in [-0.3, -0.25) is 4.99 Å². The second kappa shape index (κ2) is 9.66. The molecule has 2 aromatic heterocycles. The first-order chi connectivity index (χ1) is 10.2. The molecule has 2 aromatic rings. The van der Waals surface area contributed by atoms with E-state index in [4.69, 9.17) is 0 Å². The zero-order valence-corrected chi connectivity index (χ0v) is 15.9. The van der Waals surface area contributed by atoms with Crippen LogP contribution in [0.1, 0.15) is 26.0 Å². The monoisotopic (exact) mass is 415 g/mol. The molecular weight excluding hydrogens is 389 g/mol. The first kappa shape index (κ1) is 18.7. The Bertz CT molecular complexity index is 558. The van der Waals surface area contributed by atoms with Crippen LogP contribution in [0.2, 0.25) is 0 Å². The third-order valence-electron chi connectivity index (χ3n) is 3.33. The van der Waals surface area contributed by atoms with Gasteiger partial charge in [-0.15, -0.1) is 24.0 Å². The summed E-state index contributed by atoms with van der Waals surface area (Å²) in [5.41, 5.74) is 2.08. The van der Waals surface area contributed by atoms with Gasteiger partial charge >= 0.3 is 0 Å². The Morgan fingerprint density at radius 2 is 2.05 bits per heavy atom. The van der Waals surface area contributed by atoms with Gasteiger partial charge in [0.05, 0.1) is 5.69 Å². The molecule has 2 heterocycles. The molecule has 0 aliphatic carbocycles. The maximum absolute atomic E-state index is 4.58. The van der Waals surface area contributed by atoms with Crippen molar-refractivity contribution in [3.05, 3.63) is 36.3 Å². The fourth-order valence-corrected chi connectivity index (χ4v) is 2.12. The maximum atomic E-state index is 4.58. The highest BCUT2D eigenvalue weighted by Crippen LogP contribution is 2.04. The lowest BCUT2D eigenvalue weighted by Gasteiger charge is -2.12. The molecule has 22 heavy (non-hydrogen) atoms. The first-order valence-electron chi connectivity index (χ1n) is 7.56. The van der Waals surface area contributed by atoms with Gasteiger partial charge in [-0.25, -0.2) is 4.98 Å². The van der Waals surface area contributed by atoms with Crippen LogP contribution in [0.15, 0.2) is 35.6 Å². The van der Waals surface area contributed by atoms with Crippen molar-refractivity contribution >= 4 is 35.6 Å². The van der Waals surface area contributed by atoms with Crippen LogP contribution in [0.3, 0.4) is 0 Å². The molecule has 0 spiro atoms. The van der Waals surface area contributed by atoms with E-state index in [1.54, 1.807) is 7.05 Å². The average Bonchev–Trinajstić information content (AvgIpc) is 2.88. The molecule has 0 aromatic carbocycles. The topological polar surface area (TPSA) is 53.7 Å². The molecule has 0 fully saturated rings. The summed E-state index contributed by atoms with van der Waals surface area (Å²) in [5, 5.41) is 6.65. The van der Waals surface area contributed by atoms with Gasteiger partial charge in [0.1, 0.15) is 5.65 Å². The molecule has 0 saturated heterocycles. The first-order valence-corrected chi connectivity index (χ1v) is 7.56. The number of guanidine groups is 1. The summed E-state index contributed by atoms with van der Waals surface area (Å²) < 4.78 is 2.05. The van der Waals surface area contributed by atoms with Gasteiger partial charge in [-0.05, 0) is 24.5 Å².